The molecule has 1 amide bonds. The van der Waals surface area contributed by atoms with Crippen LogP contribution in [0, 0.1) is 0 Å². The maximum absolute atomic E-state index is 12.1. The summed E-state index contributed by atoms with van der Waals surface area (Å²) in [5.41, 5.74) is 0. The molecule has 0 spiro atoms. The second-order valence-electron chi connectivity index (χ2n) is 4.08. The number of amides is 1. The first kappa shape index (κ1) is 19.3. The molecule has 0 aromatic carbocycles. The Morgan fingerprint density at radius 1 is 1.10 bits per heavy atom. The van der Waals surface area contributed by atoms with Gasteiger partial charge in [0.15, 0.2) is 5.96 Å². The van der Waals surface area contributed by atoms with E-state index in [2.05, 4.69) is 15.6 Å². The van der Waals surface area contributed by atoms with Gasteiger partial charge in [0.1, 0.15) is 6.54 Å². The number of nitrogens with zero attached hydrogens (tertiary/aromatic N) is 2. The smallest absolute Gasteiger partial charge is 0.356 e. The predicted molar refractivity (Wildman–Crippen MR) is 63.7 cm³/mol. The summed E-state index contributed by atoms with van der Waals surface area (Å²) in [5, 5.41) is 4.63. The van der Waals surface area contributed by atoms with E-state index in [4.69, 9.17) is 0 Å². The molecule has 0 atom stereocenters. The number of carbonyl (C=O) groups excluding carboxylic acids is 1. The molecule has 0 heterocycles. The number of nitrogens with one attached hydrogen (secondary N) is 2. The number of hydrogen-bond acceptors (Lipinski definition) is 2. The van der Waals surface area contributed by atoms with Crippen LogP contribution in [0.5, 0.6) is 0 Å². The second-order valence-corrected chi connectivity index (χ2v) is 4.08. The summed E-state index contributed by atoms with van der Waals surface area (Å²) in [7, 11) is 2.23. The van der Waals surface area contributed by atoms with Crippen LogP contribution in [0.2, 0.25) is 0 Å². The lowest BCUT2D eigenvalue weighted by Crippen LogP contribution is -2.46. The van der Waals surface area contributed by atoms with E-state index in [0.29, 0.717) is 4.90 Å². The molecule has 0 radical (unpaired) electrons. The molecule has 0 aliphatic heterocycles. The van der Waals surface area contributed by atoms with Crippen LogP contribution in [-0.4, -0.2) is 62.8 Å². The summed E-state index contributed by atoms with van der Waals surface area (Å²) in [4.78, 5) is 15.4. The zero-order valence-corrected chi connectivity index (χ0v) is 11.4. The second kappa shape index (κ2) is 7.93. The molecule has 0 saturated heterocycles. The Labute approximate surface area is 117 Å². The maximum atomic E-state index is 12.1. The van der Waals surface area contributed by atoms with E-state index in [1.807, 2.05) is 0 Å². The molecule has 0 saturated carbocycles. The molecule has 2 N–H and O–H groups in total. The third kappa shape index (κ3) is 10.7. The van der Waals surface area contributed by atoms with E-state index >= 15 is 0 Å². The van der Waals surface area contributed by atoms with Gasteiger partial charge in [-0.1, -0.05) is 0 Å². The normalized spacial score (nSPS) is 13.0. The summed E-state index contributed by atoms with van der Waals surface area (Å²) in [6.45, 7) is -2.39. The Balaban J connectivity index is 4.14. The molecular formula is C10H16F6N4O. The van der Waals surface area contributed by atoms with Crippen LogP contribution in [0.3, 0.4) is 0 Å². The zero-order valence-electron chi connectivity index (χ0n) is 11.4. The van der Waals surface area contributed by atoms with Gasteiger partial charge in [0, 0.05) is 20.6 Å². The first-order chi connectivity index (χ1) is 9.44. The van der Waals surface area contributed by atoms with Crippen LogP contribution < -0.4 is 10.6 Å². The Morgan fingerprint density at radius 2 is 1.67 bits per heavy atom. The molecule has 124 valence electrons. The van der Waals surface area contributed by atoms with Crippen molar-refractivity contribution < 1.29 is 31.1 Å². The molecule has 0 aliphatic carbocycles. The first-order valence-electron chi connectivity index (χ1n) is 5.76. The molecular weight excluding hydrogens is 306 g/mol. The fourth-order valence-corrected chi connectivity index (χ4v) is 1.19. The summed E-state index contributed by atoms with van der Waals surface area (Å²) in [6, 6.07) is 0. The quantitative estimate of drug-likeness (QED) is 0.453. The number of likely N-dealkylation sites (N-methyl/N-ethyl adjacent to an activating group) is 1. The van der Waals surface area contributed by atoms with Crippen molar-refractivity contribution in [3.05, 3.63) is 0 Å². The monoisotopic (exact) mass is 322 g/mol. The minimum Gasteiger partial charge on any atom is -0.356 e. The van der Waals surface area contributed by atoms with Crippen molar-refractivity contribution in [3.63, 3.8) is 0 Å². The highest BCUT2D eigenvalue weighted by Gasteiger charge is 2.31. The van der Waals surface area contributed by atoms with Crippen molar-refractivity contribution >= 4 is 11.9 Å². The summed E-state index contributed by atoms with van der Waals surface area (Å²) in [6.07, 6.45) is -9.96. The largest absolute Gasteiger partial charge is 0.406 e. The molecule has 0 bridgehead atoms. The number of aliphatic imine (C=N–C) groups is 1. The van der Waals surface area contributed by atoms with Gasteiger partial charge in [-0.05, 0) is 0 Å². The molecule has 0 unspecified atom stereocenters. The van der Waals surface area contributed by atoms with Gasteiger partial charge in [-0.25, -0.2) is 0 Å². The molecule has 11 heteroatoms. The lowest BCUT2D eigenvalue weighted by molar-refractivity contribution is -0.157. The Kier molecular flexibility index (Phi) is 7.30. The predicted octanol–water partition coefficient (Wildman–Crippen LogP) is 1.12. The van der Waals surface area contributed by atoms with Crippen LogP contribution in [0.15, 0.2) is 4.99 Å². The van der Waals surface area contributed by atoms with Crippen LogP contribution in [0.4, 0.5) is 26.3 Å². The molecule has 0 rings (SSSR count). The Bertz CT molecular complexity index is 366. The van der Waals surface area contributed by atoms with Gasteiger partial charge in [0.2, 0.25) is 5.91 Å². The number of guanidine groups is 1. The van der Waals surface area contributed by atoms with Crippen molar-refractivity contribution in [2.45, 2.75) is 18.8 Å². The van der Waals surface area contributed by atoms with Gasteiger partial charge < -0.3 is 15.5 Å². The lowest BCUT2D eigenvalue weighted by Gasteiger charge is -2.20. The van der Waals surface area contributed by atoms with Gasteiger partial charge in [-0.15, -0.1) is 0 Å². The highest BCUT2D eigenvalue weighted by atomic mass is 19.4. The Hall–Kier alpha value is -1.68. The van der Waals surface area contributed by atoms with Gasteiger partial charge in [-0.3, -0.25) is 9.79 Å². The van der Waals surface area contributed by atoms with Gasteiger partial charge in [0.05, 0.1) is 13.0 Å². The van der Waals surface area contributed by atoms with E-state index in [1.54, 1.807) is 0 Å². The number of hydrogen-bond donors (Lipinski definition) is 2. The van der Waals surface area contributed by atoms with E-state index in [9.17, 15) is 31.1 Å². The Morgan fingerprint density at radius 3 is 2.10 bits per heavy atom. The molecule has 0 aliphatic rings. The van der Waals surface area contributed by atoms with Crippen LogP contribution in [0.25, 0.3) is 0 Å². The number of rotatable bonds is 5. The standard InChI is InChI=1S/C10H16F6N4O/c1-17-8(18-4-3-9(11,12)13)19-5-7(21)20(2)6-10(14,15)16/h3-6H2,1-2H3,(H2,17,18,19). The molecule has 21 heavy (non-hydrogen) atoms. The lowest BCUT2D eigenvalue weighted by atomic mass is 10.4. The molecule has 0 aromatic heterocycles. The summed E-state index contributed by atoms with van der Waals surface area (Å²) >= 11 is 0. The van der Waals surface area contributed by atoms with Crippen molar-refractivity contribution in [2.75, 3.05) is 33.7 Å². The summed E-state index contributed by atoms with van der Waals surface area (Å²) < 4.78 is 71.9. The number of carbonyl (C=O) groups is 1. The minimum atomic E-state index is -4.52. The van der Waals surface area contributed by atoms with Crippen molar-refractivity contribution in [3.8, 4) is 0 Å². The van der Waals surface area contributed by atoms with Gasteiger partial charge in [0.25, 0.3) is 0 Å². The van der Waals surface area contributed by atoms with Crippen LogP contribution >= 0.6 is 0 Å². The molecule has 0 aromatic rings. The summed E-state index contributed by atoms with van der Waals surface area (Å²) in [5.74, 6) is -0.973. The van der Waals surface area contributed by atoms with Crippen molar-refractivity contribution in [2.24, 2.45) is 4.99 Å². The van der Waals surface area contributed by atoms with E-state index in [1.165, 1.54) is 7.05 Å². The van der Waals surface area contributed by atoms with Crippen LogP contribution in [-0.2, 0) is 4.79 Å². The zero-order chi connectivity index (χ0) is 16.7. The number of halogens is 6. The van der Waals surface area contributed by atoms with Crippen molar-refractivity contribution in [1.29, 1.82) is 0 Å². The van der Waals surface area contributed by atoms with Gasteiger partial charge >= 0.3 is 12.4 Å². The SMILES string of the molecule is CN=C(NCCC(F)(F)F)NCC(=O)N(C)CC(F)(F)F. The van der Waals surface area contributed by atoms with Crippen molar-refractivity contribution in [1.82, 2.24) is 15.5 Å². The third-order valence-corrected chi connectivity index (χ3v) is 2.17. The van der Waals surface area contributed by atoms with Crippen LogP contribution in [0.1, 0.15) is 6.42 Å². The van der Waals surface area contributed by atoms with E-state index < -0.39 is 44.3 Å². The average Bonchev–Trinajstić information content (AvgIpc) is 2.29. The minimum absolute atomic E-state index is 0.104. The number of alkyl halides is 6. The van der Waals surface area contributed by atoms with Gasteiger partial charge in [-0.2, -0.15) is 26.3 Å². The first-order valence-corrected chi connectivity index (χ1v) is 5.76. The van der Waals surface area contributed by atoms with E-state index in [0.717, 1.165) is 7.05 Å². The molecule has 5 nitrogen and oxygen atoms in total. The highest BCUT2D eigenvalue weighted by molar-refractivity contribution is 5.86. The molecule has 0 fully saturated rings. The maximum Gasteiger partial charge on any atom is 0.406 e. The van der Waals surface area contributed by atoms with E-state index in [-0.39, 0.29) is 5.96 Å². The average molecular weight is 322 g/mol. The third-order valence-electron chi connectivity index (χ3n) is 2.17. The topological polar surface area (TPSA) is 56.7 Å². The highest BCUT2D eigenvalue weighted by Crippen LogP contribution is 2.18. The fourth-order valence-electron chi connectivity index (χ4n) is 1.19. The fraction of sp³-hybridized carbons (Fsp3) is 0.800.